The van der Waals surface area contributed by atoms with Crippen molar-refractivity contribution in [3.63, 3.8) is 0 Å². The summed E-state index contributed by atoms with van der Waals surface area (Å²) in [5.74, 6) is 1.54. The number of nitrogens with zero attached hydrogens (tertiary/aromatic N) is 2. The Hall–Kier alpha value is -0.630. The van der Waals surface area contributed by atoms with Crippen LogP contribution >= 0.6 is 22.6 Å². The molecular weight excluding hydrogens is 367 g/mol. The third kappa shape index (κ3) is 4.18. The second-order valence-electron chi connectivity index (χ2n) is 6.43. The van der Waals surface area contributed by atoms with Gasteiger partial charge in [0.05, 0.1) is 6.33 Å². The fraction of sp³-hybridized carbons (Fsp3) is 0.714. The minimum absolute atomic E-state index is 0.0490. The van der Waals surface area contributed by atoms with Crippen LogP contribution in [0.2, 0.25) is 0 Å². The van der Waals surface area contributed by atoms with Crippen molar-refractivity contribution in [3.8, 4) is 0 Å². The zero-order chi connectivity index (χ0) is 14.8. The van der Waals surface area contributed by atoms with Crippen molar-refractivity contribution in [2.45, 2.75) is 39.2 Å². The van der Waals surface area contributed by atoms with E-state index in [2.05, 4.69) is 63.5 Å². The van der Waals surface area contributed by atoms with Crippen molar-refractivity contribution in [2.75, 3.05) is 24.5 Å². The summed E-state index contributed by atoms with van der Waals surface area (Å²) in [7, 11) is 0. The van der Waals surface area contributed by atoms with Gasteiger partial charge in [0.25, 0.3) is 5.56 Å². The molecule has 6 heteroatoms. The maximum atomic E-state index is 11.6. The summed E-state index contributed by atoms with van der Waals surface area (Å²) >= 11 is 2.08. The lowest BCUT2D eigenvalue weighted by Gasteiger charge is -2.34. The standard InChI is InChI=1S/C14H23IN4O/c1-14(2,3)18-8-10-4-6-19(7-5-10)12-11(15)13(20)17-9-16-12/h9-10,18H,4-8H2,1-3H3,(H,16,17,20). The van der Waals surface area contributed by atoms with Gasteiger partial charge in [-0.05, 0) is 68.7 Å². The monoisotopic (exact) mass is 390 g/mol. The van der Waals surface area contributed by atoms with Gasteiger partial charge in [0.15, 0.2) is 0 Å². The maximum Gasteiger partial charge on any atom is 0.266 e. The molecule has 5 nitrogen and oxygen atoms in total. The van der Waals surface area contributed by atoms with Crippen LogP contribution in [0.4, 0.5) is 5.82 Å². The number of nitrogens with one attached hydrogen (secondary N) is 2. The van der Waals surface area contributed by atoms with Gasteiger partial charge in [0.1, 0.15) is 9.39 Å². The molecule has 2 heterocycles. The molecule has 0 unspecified atom stereocenters. The molecule has 0 atom stereocenters. The number of aromatic amines is 1. The van der Waals surface area contributed by atoms with Crippen molar-refractivity contribution < 1.29 is 0 Å². The van der Waals surface area contributed by atoms with E-state index in [1.165, 1.54) is 6.33 Å². The summed E-state index contributed by atoms with van der Waals surface area (Å²) in [5, 5.41) is 3.58. The maximum absolute atomic E-state index is 11.6. The second-order valence-corrected chi connectivity index (χ2v) is 7.51. The normalized spacial score (nSPS) is 17.5. The summed E-state index contributed by atoms with van der Waals surface area (Å²) < 4.78 is 0.691. The van der Waals surface area contributed by atoms with Gasteiger partial charge in [0.2, 0.25) is 0 Å². The summed E-state index contributed by atoms with van der Waals surface area (Å²) in [6.45, 7) is 9.61. The van der Waals surface area contributed by atoms with Gasteiger partial charge in [-0.2, -0.15) is 0 Å². The highest BCUT2D eigenvalue weighted by molar-refractivity contribution is 14.1. The molecule has 1 aliphatic heterocycles. The Morgan fingerprint density at radius 3 is 2.70 bits per heavy atom. The second kappa shape index (κ2) is 6.43. The molecule has 0 spiro atoms. The molecule has 2 N–H and O–H groups in total. The number of aromatic nitrogens is 2. The molecule has 0 amide bonds. The fourth-order valence-electron chi connectivity index (χ4n) is 2.39. The Bertz CT molecular complexity index is 501. The van der Waals surface area contributed by atoms with Crippen LogP contribution in [-0.4, -0.2) is 35.1 Å². The molecule has 1 aliphatic rings. The zero-order valence-electron chi connectivity index (χ0n) is 12.4. The molecule has 1 saturated heterocycles. The Morgan fingerprint density at radius 1 is 1.45 bits per heavy atom. The van der Waals surface area contributed by atoms with Crippen LogP contribution < -0.4 is 15.8 Å². The first kappa shape index (κ1) is 15.8. The van der Waals surface area contributed by atoms with Gasteiger partial charge in [-0.1, -0.05) is 0 Å². The summed E-state index contributed by atoms with van der Waals surface area (Å²) in [4.78, 5) is 20.8. The molecule has 112 valence electrons. The van der Waals surface area contributed by atoms with Crippen LogP contribution in [0.3, 0.4) is 0 Å². The number of piperidine rings is 1. The predicted molar refractivity (Wildman–Crippen MR) is 90.3 cm³/mol. The number of hydrogen-bond donors (Lipinski definition) is 2. The molecule has 2 rings (SSSR count). The third-order valence-electron chi connectivity index (χ3n) is 3.61. The fourth-order valence-corrected chi connectivity index (χ4v) is 3.03. The lowest BCUT2D eigenvalue weighted by atomic mass is 9.95. The minimum Gasteiger partial charge on any atom is -0.355 e. The first-order chi connectivity index (χ1) is 9.37. The summed E-state index contributed by atoms with van der Waals surface area (Å²) in [5.41, 5.74) is 0.132. The number of anilines is 1. The number of hydrogen-bond acceptors (Lipinski definition) is 4. The topological polar surface area (TPSA) is 61.0 Å². The van der Waals surface area contributed by atoms with E-state index in [4.69, 9.17) is 0 Å². The van der Waals surface area contributed by atoms with Crippen molar-refractivity contribution in [1.82, 2.24) is 15.3 Å². The van der Waals surface area contributed by atoms with Crippen LogP contribution in [0.15, 0.2) is 11.1 Å². The molecule has 0 aliphatic carbocycles. The van der Waals surface area contributed by atoms with Crippen molar-refractivity contribution in [3.05, 3.63) is 20.3 Å². The quantitative estimate of drug-likeness (QED) is 0.775. The molecule has 1 fully saturated rings. The Labute approximate surface area is 133 Å². The average Bonchev–Trinajstić information content (AvgIpc) is 2.40. The third-order valence-corrected chi connectivity index (χ3v) is 4.59. The molecule has 0 bridgehead atoms. The van der Waals surface area contributed by atoms with Gasteiger partial charge in [-0.15, -0.1) is 0 Å². The van der Waals surface area contributed by atoms with E-state index in [-0.39, 0.29) is 11.1 Å². The SMILES string of the molecule is CC(C)(C)NCC1CCN(c2nc[nH]c(=O)c2I)CC1. The van der Waals surface area contributed by atoms with Crippen molar-refractivity contribution in [2.24, 2.45) is 5.92 Å². The average molecular weight is 390 g/mol. The lowest BCUT2D eigenvalue weighted by molar-refractivity contribution is 0.328. The predicted octanol–water partition coefficient (Wildman–Crippen LogP) is 1.98. The zero-order valence-corrected chi connectivity index (χ0v) is 14.5. The van der Waals surface area contributed by atoms with E-state index in [0.717, 1.165) is 38.3 Å². The van der Waals surface area contributed by atoms with Crippen molar-refractivity contribution in [1.29, 1.82) is 0 Å². The van der Waals surface area contributed by atoms with Crippen LogP contribution in [-0.2, 0) is 0 Å². The minimum atomic E-state index is -0.0490. The van der Waals surface area contributed by atoms with Gasteiger partial charge in [-0.25, -0.2) is 4.98 Å². The molecule has 20 heavy (non-hydrogen) atoms. The van der Waals surface area contributed by atoms with E-state index < -0.39 is 0 Å². The van der Waals surface area contributed by atoms with E-state index in [0.29, 0.717) is 9.49 Å². The largest absolute Gasteiger partial charge is 0.355 e. The van der Waals surface area contributed by atoms with Crippen LogP contribution in [0.25, 0.3) is 0 Å². The molecule has 0 aromatic carbocycles. The molecule has 1 aromatic heterocycles. The number of halogens is 1. The molecular formula is C14H23IN4O. The molecule has 1 aromatic rings. The van der Waals surface area contributed by atoms with Crippen LogP contribution in [0.5, 0.6) is 0 Å². The van der Waals surface area contributed by atoms with Gasteiger partial charge >= 0.3 is 0 Å². The number of H-pyrrole nitrogens is 1. The van der Waals surface area contributed by atoms with Crippen molar-refractivity contribution >= 4 is 28.4 Å². The highest BCUT2D eigenvalue weighted by Crippen LogP contribution is 2.23. The van der Waals surface area contributed by atoms with E-state index in [1.807, 2.05) is 0 Å². The number of rotatable bonds is 3. The summed E-state index contributed by atoms with van der Waals surface area (Å²) in [6.07, 6.45) is 3.79. The van der Waals surface area contributed by atoms with Gasteiger partial charge in [-0.3, -0.25) is 4.79 Å². The molecule has 0 saturated carbocycles. The van der Waals surface area contributed by atoms with Gasteiger partial charge in [0, 0.05) is 18.6 Å². The highest BCUT2D eigenvalue weighted by Gasteiger charge is 2.23. The van der Waals surface area contributed by atoms with Gasteiger partial charge < -0.3 is 15.2 Å². The van der Waals surface area contributed by atoms with E-state index in [9.17, 15) is 4.79 Å². The Morgan fingerprint density at radius 2 is 2.10 bits per heavy atom. The smallest absolute Gasteiger partial charge is 0.266 e. The van der Waals surface area contributed by atoms with Crippen LogP contribution in [0, 0.1) is 9.49 Å². The molecule has 0 radical (unpaired) electrons. The first-order valence-electron chi connectivity index (χ1n) is 7.10. The van der Waals surface area contributed by atoms with E-state index in [1.54, 1.807) is 0 Å². The Balaban J connectivity index is 1.91. The van der Waals surface area contributed by atoms with E-state index >= 15 is 0 Å². The first-order valence-corrected chi connectivity index (χ1v) is 8.18. The lowest BCUT2D eigenvalue weighted by Crippen LogP contribution is -2.43. The van der Waals surface area contributed by atoms with Crippen LogP contribution in [0.1, 0.15) is 33.6 Å². The summed E-state index contributed by atoms with van der Waals surface area (Å²) in [6, 6.07) is 0. The highest BCUT2D eigenvalue weighted by atomic mass is 127. The Kier molecular flexibility index (Phi) is 5.06.